The van der Waals surface area contributed by atoms with Crippen molar-refractivity contribution in [1.29, 1.82) is 0 Å². The number of hydrogen-bond donors (Lipinski definition) is 1. The Labute approximate surface area is 138 Å². The number of amides is 1. The number of carbonyl (C=O) groups excluding carboxylic acids is 2. The highest BCUT2D eigenvalue weighted by Gasteiger charge is 2.24. The minimum absolute atomic E-state index is 0.193. The molecule has 4 rings (SSSR count). The Balaban J connectivity index is 1.90. The van der Waals surface area contributed by atoms with Crippen molar-refractivity contribution in [2.75, 3.05) is 5.32 Å². The molecule has 120 valence electrons. The van der Waals surface area contributed by atoms with Crippen LogP contribution in [0.1, 0.15) is 23.1 Å². The van der Waals surface area contributed by atoms with Gasteiger partial charge in [0, 0.05) is 11.3 Å². The van der Waals surface area contributed by atoms with E-state index in [1.807, 2.05) is 35.6 Å². The summed E-state index contributed by atoms with van der Waals surface area (Å²) in [7, 11) is 0. The van der Waals surface area contributed by atoms with E-state index in [1.165, 1.54) is 0 Å². The van der Waals surface area contributed by atoms with Crippen LogP contribution in [0.15, 0.2) is 36.4 Å². The second-order valence-electron chi connectivity index (χ2n) is 5.78. The summed E-state index contributed by atoms with van der Waals surface area (Å²) < 4.78 is 7.38. The Kier molecular flexibility index (Phi) is 3.13. The normalized spacial score (nSPS) is 16.4. The zero-order valence-electron chi connectivity index (χ0n) is 13.2. The summed E-state index contributed by atoms with van der Waals surface area (Å²) in [5.74, 6) is 0.416. The van der Waals surface area contributed by atoms with Crippen LogP contribution in [-0.2, 0) is 4.79 Å². The van der Waals surface area contributed by atoms with Crippen LogP contribution < -0.4 is 10.1 Å². The lowest BCUT2D eigenvalue weighted by molar-refractivity contribution is -0.122. The predicted molar refractivity (Wildman–Crippen MR) is 89.5 cm³/mol. The summed E-state index contributed by atoms with van der Waals surface area (Å²) in [4.78, 5) is 28.0. The molecule has 24 heavy (non-hydrogen) atoms. The van der Waals surface area contributed by atoms with Crippen LogP contribution >= 0.6 is 0 Å². The highest BCUT2D eigenvalue weighted by atomic mass is 16.5. The van der Waals surface area contributed by atoms with Crippen LogP contribution in [0.5, 0.6) is 5.75 Å². The van der Waals surface area contributed by atoms with E-state index in [2.05, 4.69) is 10.3 Å². The monoisotopic (exact) mass is 321 g/mol. The van der Waals surface area contributed by atoms with Gasteiger partial charge in [-0.25, -0.2) is 4.98 Å². The first-order valence-corrected chi connectivity index (χ1v) is 7.63. The van der Waals surface area contributed by atoms with Crippen molar-refractivity contribution in [3.63, 3.8) is 0 Å². The zero-order chi connectivity index (χ0) is 16.8. The number of hydrogen-bond acceptors (Lipinski definition) is 4. The Bertz CT molecular complexity index is 991. The topological polar surface area (TPSA) is 72.7 Å². The number of ether oxygens (including phenoxy) is 1. The van der Waals surface area contributed by atoms with Crippen molar-refractivity contribution in [2.45, 2.75) is 20.0 Å². The van der Waals surface area contributed by atoms with E-state index in [-0.39, 0.29) is 5.91 Å². The van der Waals surface area contributed by atoms with Gasteiger partial charge in [0.1, 0.15) is 22.8 Å². The van der Waals surface area contributed by atoms with Gasteiger partial charge in [0.05, 0.1) is 5.69 Å². The van der Waals surface area contributed by atoms with Crippen molar-refractivity contribution in [1.82, 2.24) is 9.38 Å². The van der Waals surface area contributed by atoms with E-state index < -0.39 is 6.10 Å². The Morgan fingerprint density at radius 2 is 2.12 bits per heavy atom. The molecule has 0 aliphatic carbocycles. The van der Waals surface area contributed by atoms with E-state index in [0.717, 1.165) is 17.5 Å². The average molecular weight is 321 g/mol. The van der Waals surface area contributed by atoms with Crippen LogP contribution in [0, 0.1) is 6.92 Å². The minimum atomic E-state index is -0.522. The smallest absolute Gasteiger partial charge is 0.265 e. The second kappa shape index (κ2) is 5.19. The van der Waals surface area contributed by atoms with Crippen molar-refractivity contribution in [3.8, 4) is 17.0 Å². The standard InChI is InChI=1S/C18H15N3O3/c1-10-4-3-5-16-20-17(14(9-22)21(10)16)12-6-7-15-13(8-12)19-18(23)11(2)24-15/h3-9,11H,1-2H3,(H,19,23). The summed E-state index contributed by atoms with van der Waals surface area (Å²) >= 11 is 0. The molecule has 1 unspecified atom stereocenters. The molecule has 6 heteroatoms. The zero-order valence-corrected chi connectivity index (χ0v) is 13.2. The molecule has 3 heterocycles. The van der Waals surface area contributed by atoms with Gasteiger partial charge in [-0.2, -0.15) is 0 Å². The van der Waals surface area contributed by atoms with Gasteiger partial charge in [0.25, 0.3) is 5.91 Å². The summed E-state index contributed by atoms with van der Waals surface area (Å²) in [6, 6.07) is 11.1. The number of aryl methyl sites for hydroxylation is 1. The maximum atomic E-state index is 11.8. The van der Waals surface area contributed by atoms with Gasteiger partial charge in [-0.05, 0) is 44.2 Å². The molecule has 0 radical (unpaired) electrons. The summed E-state index contributed by atoms with van der Waals surface area (Å²) in [6.45, 7) is 3.62. The van der Waals surface area contributed by atoms with E-state index in [1.54, 1.807) is 19.1 Å². The molecule has 2 aromatic heterocycles. The molecular formula is C18H15N3O3. The van der Waals surface area contributed by atoms with Gasteiger partial charge in [0.2, 0.25) is 0 Å². The molecule has 3 aromatic rings. The predicted octanol–water partition coefficient (Wildman–Crippen LogP) is 2.84. The molecule has 0 spiro atoms. The second-order valence-corrected chi connectivity index (χ2v) is 5.78. The number of fused-ring (bicyclic) bond motifs is 2. The maximum absolute atomic E-state index is 11.8. The Morgan fingerprint density at radius 3 is 2.92 bits per heavy atom. The highest BCUT2D eigenvalue weighted by Crippen LogP contribution is 2.35. The molecule has 6 nitrogen and oxygen atoms in total. The van der Waals surface area contributed by atoms with Crippen LogP contribution in [0.4, 0.5) is 5.69 Å². The lowest BCUT2D eigenvalue weighted by atomic mass is 10.1. The average Bonchev–Trinajstić information content (AvgIpc) is 2.95. The number of carbonyl (C=O) groups is 2. The molecule has 1 aliphatic heterocycles. The van der Waals surface area contributed by atoms with Crippen LogP contribution in [0.25, 0.3) is 16.9 Å². The molecule has 0 saturated heterocycles. The third-order valence-corrected chi connectivity index (χ3v) is 4.17. The molecule has 1 atom stereocenters. The van der Waals surface area contributed by atoms with Crippen LogP contribution in [0.2, 0.25) is 0 Å². The lowest BCUT2D eigenvalue weighted by Crippen LogP contribution is -2.34. The molecular weight excluding hydrogens is 306 g/mol. The molecule has 1 N–H and O–H groups in total. The first-order chi connectivity index (χ1) is 11.6. The van der Waals surface area contributed by atoms with E-state index in [9.17, 15) is 9.59 Å². The van der Waals surface area contributed by atoms with Gasteiger partial charge in [-0.3, -0.25) is 14.0 Å². The summed E-state index contributed by atoms with van der Waals surface area (Å²) in [5.41, 5.74) is 4.03. The molecule has 0 bridgehead atoms. The molecule has 1 amide bonds. The number of anilines is 1. The quantitative estimate of drug-likeness (QED) is 0.737. The van der Waals surface area contributed by atoms with Crippen LogP contribution in [0.3, 0.4) is 0 Å². The highest BCUT2D eigenvalue weighted by molar-refractivity contribution is 5.98. The maximum Gasteiger partial charge on any atom is 0.265 e. The number of aromatic nitrogens is 2. The van der Waals surface area contributed by atoms with Gasteiger partial charge in [-0.1, -0.05) is 6.07 Å². The van der Waals surface area contributed by atoms with Crippen molar-refractivity contribution >= 4 is 23.5 Å². The SMILES string of the molecule is Cc1cccc2nc(-c3ccc4c(c3)NC(=O)C(C)O4)c(C=O)n12. The Hall–Kier alpha value is -3.15. The fourth-order valence-corrected chi connectivity index (χ4v) is 2.96. The molecule has 0 saturated carbocycles. The molecule has 0 fully saturated rings. The third kappa shape index (κ3) is 2.07. The number of nitrogens with one attached hydrogen (secondary N) is 1. The van der Waals surface area contributed by atoms with Crippen molar-refractivity contribution < 1.29 is 14.3 Å². The minimum Gasteiger partial charge on any atom is -0.479 e. The van der Waals surface area contributed by atoms with Gasteiger partial charge >= 0.3 is 0 Å². The van der Waals surface area contributed by atoms with Crippen LogP contribution in [-0.4, -0.2) is 27.7 Å². The lowest BCUT2D eigenvalue weighted by Gasteiger charge is -2.23. The number of nitrogens with zero attached hydrogens (tertiary/aromatic N) is 2. The number of pyridine rings is 1. The third-order valence-electron chi connectivity index (χ3n) is 4.17. The van der Waals surface area contributed by atoms with E-state index >= 15 is 0 Å². The van der Waals surface area contributed by atoms with Crippen molar-refractivity contribution in [3.05, 3.63) is 47.8 Å². The van der Waals surface area contributed by atoms with Gasteiger partial charge in [-0.15, -0.1) is 0 Å². The number of aldehydes is 1. The molecule has 1 aliphatic rings. The van der Waals surface area contributed by atoms with E-state index in [4.69, 9.17) is 4.74 Å². The largest absolute Gasteiger partial charge is 0.479 e. The number of rotatable bonds is 2. The van der Waals surface area contributed by atoms with E-state index in [0.29, 0.717) is 28.5 Å². The van der Waals surface area contributed by atoms with Gasteiger partial charge in [0.15, 0.2) is 12.4 Å². The number of benzene rings is 1. The van der Waals surface area contributed by atoms with Crippen molar-refractivity contribution in [2.24, 2.45) is 0 Å². The fourth-order valence-electron chi connectivity index (χ4n) is 2.96. The first kappa shape index (κ1) is 14.4. The van der Waals surface area contributed by atoms with Gasteiger partial charge < -0.3 is 10.1 Å². The number of imidazole rings is 1. The molecule has 1 aromatic carbocycles. The fraction of sp³-hybridized carbons (Fsp3) is 0.167. The summed E-state index contributed by atoms with van der Waals surface area (Å²) in [5, 5.41) is 2.82. The first-order valence-electron chi connectivity index (χ1n) is 7.63. The summed E-state index contributed by atoms with van der Waals surface area (Å²) in [6.07, 6.45) is 0.283. The Morgan fingerprint density at radius 1 is 1.29 bits per heavy atom.